The minimum Gasteiger partial charge on any atom is -0.425 e. The third-order valence-corrected chi connectivity index (χ3v) is 5.57. The first-order chi connectivity index (χ1) is 12.6. The molecule has 2 heterocycles. The number of hydrogen-bond acceptors (Lipinski definition) is 5. The maximum atomic E-state index is 12.4. The van der Waals surface area contributed by atoms with Crippen LogP contribution in [0.4, 0.5) is 5.69 Å². The van der Waals surface area contributed by atoms with E-state index in [0.29, 0.717) is 18.4 Å². The molecule has 1 saturated carbocycles. The molecule has 0 bridgehead atoms. The summed E-state index contributed by atoms with van der Waals surface area (Å²) in [6.45, 7) is 6.29. The molecule has 6 nitrogen and oxygen atoms in total. The molecule has 6 heteroatoms. The van der Waals surface area contributed by atoms with Gasteiger partial charge in [-0.2, -0.15) is 0 Å². The quantitative estimate of drug-likeness (QED) is 0.891. The number of piperidine rings is 1. The number of aryl methyl sites for hydroxylation is 1. The highest BCUT2D eigenvalue weighted by Crippen LogP contribution is 2.40. The first-order valence-corrected chi connectivity index (χ1v) is 9.52. The number of aromatic nitrogens is 2. The van der Waals surface area contributed by atoms with E-state index in [9.17, 15) is 4.79 Å². The van der Waals surface area contributed by atoms with Crippen LogP contribution in [0.5, 0.6) is 0 Å². The molecular weight excluding hydrogens is 328 g/mol. The minimum absolute atomic E-state index is 0.0472. The van der Waals surface area contributed by atoms with E-state index in [1.165, 1.54) is 18.4 Å². The molecule has 0 unspecified atom stereocenters. The summed E-state index contributed by atoms with van der Waals surface area (Å²) in [4.78, 5) is 14.6. The molecule has 2 aromatic rings. The van der Waals surface area contributed by atoms with Gasteiger partial charge in [-0.3, -0.25) is 9.69 Å². The lowest BCUT2D eigenvalue weighted by Crippen LogP contribution is -2.38. The van der Waals surface area contributed by atoms with E-state index in [4.69, 9.17) is 4.42 Å². The van der Waals surface area contributed by atoms with Crippen molar-refractivity contribution < 1.29 is 9.21 Å². The van der Waals surface area contributed by atoms with E-state index in [1.807, 2.05) is 19.1 Å². The molecule has 1 aromatic carbocycles. The third kappa shape index (κ3) is 3.80. The predicted octanol–water partition coefficient (Wildman–Crippen LogP) is 3.38. The maximum Gasteiger partial charge on any atom is 0.238 e. The van der Waals surface area contributed by atoms with Crippen molar-refractivity contribution in [3.63, 3.8) is 0 Å². The van der Waals surface area contributed by atoms with Crippen molar-refractivity contribution >= 4 is 11.6 Å². The number of benzene rings is 1. The molecule has 1 N–H and O–H groups in total. The van der Waals surface area contributed by atoms with Gasteiger partial charge >= 0.3 is 0 Å². The SMILES string of the molecule is Cc1cccc(NC(=O)CN2CCC(c3nnc(C4CC4)o3)CC2)c1C. The van der Waals surface area contributed by atoms with E-state index >= 15 is 0 Å². The molecule has 1 aliphatic heterocycles. The highest BCUT2D eigenvalue weighted by Gasteiger charge is 2.32. The molecule has 1 amide bonds. The fourth-order valence-electron chi connectivity index (χ4n) is 3.52. The zero-order valence-electron chi connectivity index (χ0n) is 15.5. The average Bonchev–Trinajstić information content (AvgIpc) is 3.37. The van der Waals surface area contributed by atoms with Crippen LogP contribution in [0.15, 0.2) is 22.6 Å². The number of carbonyl (C=O) groups is 1. The van der Waals surface area contributed by atoms with Crippen LogP contribution in [0, 0.1) is 13.8 Å². The van der Waals surface area contributed by atoms with Crippen molar-refractivity contribution in [1.29, 1.82) is 0 Å². The van der Waals surface area contributed by atoms with E-state index in [2.05, 4.69) is 33.4 Å². The standard InChI is InChI=1S/C20H26N4O2/c1-13-4-3-5-17(14(13)2)21-18(25)12-24-10-8-16(9-11-24)20-23-22-19(26-20)15-6-7-15/h3-5,15-16H,6-12H2,1-2H3,(H,21,25). The van der Waals surface area contributed by atoms with Gasteiger partial charge in [-0.1, -0.05) is 12.1 Å². The van der Waals surface area contributed by atoms with Crippen molar-refractivity contribution in [1.82, 2.24) is 15.1 Å². The van der Waals surface area contributed by atoms with Gasteiger partial charge in [0, 0.05) is 17.5 Å². The third-order valence-electron chi connectivity index (χ3n) is 5.57. The molecular formula is C20H26N4O2. The van der Waals surface area contributed by atoms with Gasteiger partial charge in [0.05, 0.1) is 6.54 Å². The smallest absolute Gasteiger partial charge is 0.238 e. The summed E-state index contributed by atoms with van der Waals surface area (Å²) in [6, 6.07) is 5.99. The summed E-state index contributed by atoms with van der Waals surface area (Å²) < 4.78 is 5.85. The Kier molecular flexibility index (Phi) is 4.76. The van der Waals surface area contributed by atoms with Crippen molar-refractivity contribution in [3.05, 3.63) is 41.1 Å². The highest BCUT2D eigenvalue weighted by molar-refractivity contribution is 5.93. The molecule has 0 atom stereocenters. The molecule has 1 saturated heterocycles. The summed E-state index contributed by atoms with van der Waals surface area (Å²) in [6.07, 6.45) is 4.28. The van der Waals surface area contributed by atoms with E-state index < -0.39 is 0 Å². The maximum absolute atomic E-state index is 12.4. The summed E-state index contributed by atoms with van der Waals surface area (Å²) in [5.41, 5.74) is 3.22. The highest BCUT2D eigenvalue weighted by atomic mass is 16.4. The Labute approximate surface area is 154 Å². The lowest BCUT2D eigenvalue weighted by Gasteiger charge is -2.29. The van der Waals surface area contributed by atoms with Crippen molar-refractivity contribution in [3.8, 4) is 0 Å². The number of nitrogens with zero attached hydrogens (tertiary/aromatic N) is 3. The van der Waals surface area contributed by atoms with Crippen LogP contribution >= 0.6 is 0 Å². The zero-order chi connectivity index (χ0) is 18.1. The molecule has 138 valence electrons. The fraction of sp³-hybridized carbons (Fsp3) is 0.550. The molecule has 4 rings (SSSR count). The van der Waals surface area contributed by atoms with Gasteiger partial charge in [-0.05, 0) is 69.8 Å². The van der Waals surface area contributed by atoms with Gasteiger partial charge in [0.25, 0.3) is 0 Å². The molecule has 26 heavy (non-hydrogen) atoms. The van der Waals surface area contributed by atoms with Crippen molar-refractivity contribution in [2.45, 2.75) is 51.4 Å². The number of nitrogens with one attached hydrogen (secondary N) is 1. The van der Waals surface area contributed by atoms with Gasteiger partial charge in [0.15, 0.2) is 0 Å². The van der Waals surface area contributed by atoms with Crippen molar-refractivity contribution in [2.75, 3.05) is 25.0 Å². The number of amides is 1. The molecule has 1 aromatic heterocycles. The molecule has 0 spiro atoms. The monoisotopic (exact) mass is 354 g/mol. The van der Waals surface area contributed by atoms with Crippen LogP contribution < -0.4 is 5.32 Å². The summed E-state index contributed by atoms with van der Waals surface area (Å²) in [7, 11) is 0. The van der Waals surface area contributed by atoms with E-state index in [-0.39, 0.29) is 5.91 Å². The first-order valence-electron chi connectivity index (χ1n) is 9.52. The van der Waals surface area contributed by atoms with Gasteiger partial charge in [-0.15, -0.1) is 10.2 Å². The Hall–Kier alpha value is -2.21. The predicted molar refractivity (Wildman–Crippen MR) is 99.2 cm³/mol. The average molecular weight is 354 g/mol. The van der Waals surface area contributed by atoms with E-state index in [1.54, 1.807) is 0 Å². The van der Waals surface area contributed by atoms with Crippen LogP contribution in [0.1, 0.15) is 60.4 Å². The van der Waals surface area contributed by atoms with E-state index in [0.717, 1.165) is 49.0 Å². The number of anilines is 1. The second-order valence-corrected chi connectivity index (χ2v) is 7.60. The van der Waals surface area contributed by atoms with Crippen LogP contribution in [0.2, 0.25) is 0 Å². The number of rotatable bonds is 5. The summed E-state index contributed by atoms with van der Waals surface area (Å²) in [5, 5.41) is 11.5. The topological polar surface area (TPSA) is 71.3 Å². The zero-order valence-corrected chi connectivity index (χ0v) is 15.5. The molecule has 2 fully saturated rings. The Morgan fingerprint density at radius 3 is 2.42 bits per heavy atom. The molecule has 1 aliphatic carbocycles. The second kappa shape index (κ2) is 7.19. The van der Waals surface area contributed by atoms with Gasteiger partial charge < -0.3 is 9.73 Å². The largest absolute Gasteiger partial charge is 0.425 e. The summed E-state index contributed by atoms with van der Waals surface area (Å²) in [5.74, 6) is 2.48. The fourth-order valence-corrected chi connectivity index (χ4v) is 3.52. The molecule has 0 radical (unpaired) electrons. The lowest BCUT2D eigenvalue weighted by molar-refractivity contribution is -0.117. The van der Waals surface area contributed by atoms with Crippen LogP contribution in [-0.4, -0.2) is 40.6 Å². The van der Waals surface area contributed by atoms with Gasteiger partial charge in [-0.25, -0.2) is 0 Å². The Bertz CT molecular complexity index is 789. The minimum atomic E-state index is 0.0472. The summed E-state index contributed by atoms with van der Waals surface area (Å²) >= 11 is 0. The lowest BCUT2D eigenvalue weighted by atomic mass is 9.97. The van der Waals surface area contributed by atoms with Crippen LogP contribution in [0.25, 0.3) is 0 Å². The number of hydrogen-bond donors (Lipinski definition) is 1. The van der Waals surface area contributed by atoms with Crippen LogP contribution in [0.3, 0.4) is 0 Å². The Balaban J connectivity index is 1.27. The Morgan fingerprint density at radius 2 is 1.77 bits per heavy atom. The number of likely N-dealkylation sites (tertiary alicyclic amines) is 1. The normalized spacial score (nSPS) is 18.8. The number of carbonyl (C=O) groups excluding carboxylic acids is 1. The molecule has 2 aliphatic rings. The Morgan fingerprint density at radius 1 is 1.12 bits per heavy atom. The van der Waals surface area contributed by atoms with Crippen molar-refractivity contribution in [2.24, 2.45) is 0 Å². The van der Waals surface area contributed by atoms with Gasteiger partial charge in [0.1, 0.15) is 0 Å². The second-order valence-electron chi connectivity index (χ2n) is 7.60. The first kappa shape index (κ1) is 17.2. The van der Waals surface area contributed by atoms with Gasteiger partial charge in [0.2, 0.25) is 17.7 Å². The van der Waals surface area contributed by atoms with Crippen LogP contribution in [-0.2, 0) is 4.79 Å².